The quantitative estimate of drug-likeness (QED) is 0.689. The highest BCUT2D eigenvalue weighted by atomic mass is 16.3. The smallest absolute Gasteiger partial charge is 0.0610 e. The maximum Gasteiger partial charge on any atom is 0.0610 e. The van der Waals surface area contributed by atoms with Crippen molar-refractivity contribution in [3.63, 3.8) is 0 Å². The molecule has 1 unspecified atom stereocenters. The van der Waals surface area contributed by atoms with Crippen LogP contribution >= 0.6 is 0 Å². The third-order valence-corrected chi connectivity index (χ3v) is 3.85. The fraction of sp³-hybridized carbons (Fsp3) is 0.647. The molecule has 0 aliphatic heterocycles. The van der Waals surface area contributed by atoms with Gasteiger partial charge >= 0.3 is 0 Å². The van der Waals surface area contributed by atoms with E-state index in [1.807, 2.05) is 0 Å². The summed E-state index contributed by atoms with van der Waals surface area (Å²) < 4.78 is 0. The van der Waals surface area contributed by atoms with Crippen LogP contribution in [0.1, 0.15) is 32.3 Å². The standard InChI is InChI=1S/C17H30N2O/c1-4-18-17(2,15-20)12-8-13-19(3)14-11-16-9-6-5-7-10-16/h5-7,9-10,18,20H,4,8,11-15H2,1-3H3. The topological polar surface area (TPSA) is 35.5 Å². The lowest BCUT2D eigenvalue weighted by Crippen LogP contribution is -2.46. The van der Waals surface area contributed by atoms with Gasteiger partial charge in [0, 0.05) is 12.1 Å². The van der Waals surface area contributed by atoms with Gasteiger partial charge in [-0.2, -0.15) is 0 Å². The molecule has 20 heavy (non-hydrogen) atoms. The maximum absolute atomic E-state index is 9.46. The van der Waals surface area contributed by atoms with Gasteiger partial charge in [0.1, 0.15) is 0 Å². The molecule has 1 aromatic rings. The van der Waals surface area contributed by atoms with Crippen LogP contribution in [-0.4, -0.2) is 48.8 Å². The predicted octanol–water partition coefficient (Wildman–Crippen LogP) is 2.30. The molecule has 0 aliphatic carbocycles. The largest absolute Gasteiger partial charge is 0.394 e. The minimum Gasteiger partial charge on any atom is -0.394 e. The van der Waals surface area contributed by atoms with Gasteiger partial charge in [-0.15, -0.1) is 0 Å². The van der Waals surface area contributed by atoms with Gasteiger partial charge in [-0.3, -0.25) is 0 Å². The van der Waals surface area contributed by atoms with E-state index in [2.05, 4.69) is 61.4 Å². The van der Waals surface area contributed by atoms with Gasteiger partial charge in [-0.1, -0.05) is 37.3 Å². The van der Waals surface area contributed by atoms with E-state index in [4.69, 9.17) is 0 Å². The second-order valence-electron chi connectivity index (χ2n) is 5.89. The Morgan fingerprint density at radius 1 is 1.20 bits per heavy atom. The molecule has 0 saturated carbocycles. The molecule has 3 heteroatoms. The molecule has 2 N–H and O–H groups in total. The van der Waals surface area contributed by atoms with Crippen molar-refractivity contribution in [1.29, 1.82) is 0 Å². The first-order valence-corrected chi connectivity index (χ1v) is 7.68. The van der Waals surface area contributed by atoms with E-state index < -0.39 is 0 Å². The molecular weight excluding hydrogens is 248 g/mol. The Balaban J connectivity index is 2.21. The highest BCUT2D eigenvalue weighted by Gasteiger charge is 2.21. The van der Waals surface area contributed by atoms with E-state index in [-0.39, 0.29) is 12.1 Å². The highest BCUT2D eigenvalue weighted by Crippen LogP contribution is 2.12. The van der Waals surface area contributed by atoms with Gasteiger partial charge in [0.05, 0.1) is 6.61 Å². The summed E-state index contributed by atoms with van der Waals surface area (Å²) in [4.78, 5) is 2.37. The first kappa shape index (κ1) is 17.2. The number of aliphatic hydroxyl groups is 1. The number of likely N-dealkylation sites (N-methyl/N-ethyl adjacent to an activating group) is 2. The average molecular weight is 278 g/mol. The summed E-state index contributed by atoms with van der Waals surface area (Å²) in [5.74, 6) is 0. The van der Waals surface area contributed by atoms with Gasteiger partial charge in [0.25, 0.3) is 0 Å². The van der Waals surface area contributed by atoms with E-state index in [1.165, 1.54) is 5.56 Å². The Morgan fingerprint density at radius 3 is 2.50 bits per heavy atom. The Labute approximate surface area is 124 Å². The Hall–Kier alpha value is -0.900. The zero-order valence-electron chi connectivity index (χ0n) is 13.2. The van der Waals surface area contributed by atoms with E-state index in [0.29, 0.717) is 0 Å². The highest BCUT2D eigenvalue weighted by molar-refractivity contribution is 5.14. The molecule has 0 spiro atoms. The molecule has 1 atom stereocenters. The molecule has 1 rings (SSSR count). The predicted molar refractivity (Wildman–Crippen MR) is 86.0 cm³/mol. The monoisotopic (exact) mass is 278 g/mol. The minimum atomic E-state index is -0.130. The first-order valence-electron chi connectivity index (χ1n) is 7.68. The van der Waals surface area contributed by atoms with Crippen LogP contribution in [0.25, 0.3) is 0 Å². The van der Waals surface area contributed by atoms with Crippen molar-refractivity contribution in [1.82, 2.24) is 10.2 Å². The molecule has 0 aromatic heterocycles. The van der Waals surface area contributed by atoms with Crippen LogP contribution in [0.15, 0.2) is 30.3 Å². The summed E-state index contributed by atoms with van der Waals surface area (Å²) in [6.45, 7) is 7.45. The maximum atomic E-state index is 9.46. The van der Waals surface area contributed by atoms with Gasteiger partial charge in [0.15, 0.2) is 0 Å². The number of hydrogen-bond donors (Lipinski definition) is 2. The van der Waals surface area contributed by atoms with Crippen molar-refractivity contribution in [2.24, 2.45) is 0 Å². The third kappa shape index (κ3) is 6.51. The molecule has 1 aromatic carbocycles. The van der Waals surface area contributed by atoms with Crippen LogP contribution in [0.3, 0.4) is 0 Å². The summed E-state index contributed by atoms with van der Waals surface area (Å²) in [7, 11) is 2.17. The SMILES string of the molecule is CCNC(C)(CO)CCCN(C)CCc1ccccc1. The van der Waals surface area contributed by atoms with Crippen molar-refractivity contribution in [3.05, 3.63) is 35.9 Å². The zero-order chi connectivity index (χ0) is 14.8. The molecule has 0 saturated heterocycles. The van der Waals surface area contributed by atoms with Crippen molar-refractivity contribution < 1.29 is 5.11 Å². The van der Waals surface area contributed by atoms with E-state index in [1.54, 1.807) is 0 Å². The van der Waals surface area contributed by atoms with Gasteiger partial charge in [-0.25, -0.2) is 0 Å². The molecule has 114 valence electrons. The van der Waals surface area contributed by atoms with Crippen LogP contribution in [0.2, 0.25) is 0 Å². The van der Waals surface area contributed by atoms with E-state index in [0.717, 1.165) is 38.9 Å². The minimum absolute atomic E-state index is 0.130. The summed E-state index contributed by atoms with van der Waals surface area (Å²) in [6, 6.07) is 10.6. The zero-order valence-corrected chi connectivity index (χ0v) is 13.2. The van der Waals surface area contributed by atoms with E-state index >= 15 is 0 Å². The summed E-state index contributed by atoms with van der Waals surface area (Å²) in [5.41, 5.74) is 1.27. The Bertz CT molecular complexity index is 355. The van der Waals surface area contributed by atoms with E-state index in [9.17, 15) is 5.11 Å². The molecule has 0 radical (unpaired) electrons. The first-order chi connectivity index (χ1) is 9.59. The Morgan fingerprint density at radius 2 is 1.90 bits per heavy atom. The number of nitrogens with zero attached hydrogens (tertiary/aromatic N) is 1. The van der Waals surface area contributed by atoms with Gasteiger partial charge in [0.2, 0.25) is 0 Å². The molecule has 3 nitrogen and oxygen atoms in total. The third-order valence-electron chi connectivity index (χ3n) is 3.85. The average Bonchev–Trinajstić information content (AvgIpc) is 2.46. The normalized spacial score (nSPS) is 14.4. The molecule has 0 amide bonds. The summed E-state index contributed by atoms with van der Waals surface area (Å²) in [6.07, 6.45) is 3.21. The number of hydrogen-bond acceptors (Lipinski definition) is 3. The fourth-order valence-electron chi connectivity index (χ4n) is 2.47. The summed E-state index contributed by atoms with van der Waals surface area (Å²) >= 11 is 0. The van der Waals surface area contributed by atoms with Crippen molar-refractivity contribution in [3.8, 4) is 0 Å². The molecule has 0 bridgehead atoms. The lowest BCUT2D eigenvalue weighted by atomic mass is 9.96. The lowest BCUT2D eigenvalue weighted by Gasteiger charge is -2.29. The van der Waals surface area contributed by atoms with Crippen LogP contribution in [-0.2, 0) is 6.42 Å². The second-order valence-corrected chi connectivity index (χ2v) is 5.89. The lowest BCUT2D eigenvalue weighted by molar-refractivity contribution is 0.160. The molecular formula is C17H30N2O. The molecule has 0 heterocycles. The molecule has 0 aliphatic rings. The second kappa shape index (κ2) is 9.11. The fourth-order valence-corrected chi connectivity index (χ4v) is 2.47. The summed E-state index contributed by atoms with van der Waals surface area (Å²) in [5, 5.41) is 12.8. The van der Waals surface area contributed by atoms with Crippen molar-refractivity contribution in [2.45, 2.75) is 38.6 Å². The van der Waals surface area contributed by atoms with Crippen LogP contribution in [0, 0.1) is 0 Å². The van der Waals surface area contributed by atoms with Gasteiger partial charge in [-0.05, 0) is 51.9 Å². The van der Waals surface area contributed by atoms with Gasteiger partial charge < -0.3 is 15.3 Å². The Kier molecular flexibility index (Phi) is 7.82. The number of benzene rings is 1. The van der Waals surface area contributed by atoms with Crippen molar-refractivity contribution >= 4 is 0 Å². The number of nitrogens with one attached hydrogen (secondary N) is 1. The van der Waals surface area contributed by atoms with Crippen molar-refractivity contribution in [2.75, 3.05) is 33.3 Å². The van der Waals surface area contributed by atoms with Crippen LogP contribution in [0.5, 0.6) is 0 Å². The van der Waals surface area contributed by atoms with Crippen LogP contribution < -0.4 is 5.32 Å². The number of rotatable bonds is 10. The molecule has 0 fully saturated rings. The number of aliphatic hydroxyl groups excluding tert-OH is 1. The van der Waals surface area contributed by atoms with Crippen LogP contribution in [0.4, 0.5) is 0 Å².